The first-order valence-corrected chi connectivity index (χ1v) is 12.5. The second-order valence-electron chi connectivity index (χ2n) is 8.67. The molecule has 0 radical (unpaired) electrons. The van der Waals surface area contributed by atoms with Gasteiger partial charge in [-0.15, -0.1) is 0 Å². The van der Waals surface area contributed by atoms with Gasteiger partial charge < -0.3 is 24.5 Å². The summed E-state index contributed by atoms with van der Waals surface area (Å²) in [4.78, 5) is 46.2. The predicted octanol–water partition coefficient (Wildman–Crippen LogP) is 5.04. The number of halogens is 5. The summed E-state index contributed by atoms with van der Waals surface area (Å²) in [5.41, 5.74) is -0.373. The van der Waals surface area contributed by atoms with Crippen molar-refractivity contribution in [2.75, 3.05) is 11.9 Å². The Balaban J connectivity index is 1.64. The summed E-state index contributed by atoms with van der Waals surface area (Å²) in [6.07, 6.45) is 0. The van der Waals surface area contributed by atoms with E-state index in [1.54, 1.807) is 13.0 Å². The third kappa shape index (κ3) is 5.80. The first-order chi connectivity index (χ1) is 18.4. The molecule has 14 heteroatoms. The van der Waals surface area contributed by atoms with Crippen LogP contribution in [-0.2, 0) is 13.1 Å². The number of fused-ring (bicyclic) bond motifs is 1. The van der Waals surface area contributed by atoms with Gasteiger partial charge in [-0.1, -0.05) is 6.07 Å². The number of carbonyl (C=O) groups is 2. The van der Waals surface area contributed by atoms with E-state index in [1.165, 1.54) is 24.1 Å². The summed E-state index contributed by atoms with van der Waals surface area (Å²) < 4.78 is 75.2. The number of rotatable bonds is 7. The van der Waals surface area contributed by atoms with Gasteiger partial charge in [-0.05, 0) is 24.6 Å². The van der Waals surface area contributed by atoms with Crippen LogP contribution in [0.5, 0.6) is 5.75 Å². The fourth-order valence-electron chi connectivity index (χ4n) is 4.14. The van der Waals surface area contributed by atoms with Crippen LogP contribution in [0.25, 0.3) is 0 Å². The second-order valence-corrected chi connectivity index (χ2v) is 9.36. The van der Waals surface area contributed by atoms with Crippen molar-refractivity contribution in [3.8, 4) is 5.75 Å². The molecule has 3 aromatic carbocycles. The number of amides is 3. The summed E-state index contributed by atoms with van der Waals surface area (Å²) >= 11 is 0. The highest BCUT2D eigenvalue weighted by atomic mass is 31.2. The van der Waals surface area contributed by atoms with Crippen molar-refractivity contribution in [1.29, 1.82) is 0 Å². The Morgan fingerprint density at radius 3 is 2.15 bits per heavy atom. The molecule has 0 fully saturated rings. The molecule has 0 aromatic heterocycles. The lowest BCUT2D eigenvalue weighted by molar-refractivity contribution is 0.0950. The molecule has 1 unspecified atom stereocenters. The molecule has 4 rings (SSSR count). The van der Waals surface area contributed by atoms with Crippen molar-refractivity contribution in [1.82, 2.24) is 10.2 Å². The molecule has 3 amide bonds. The Kier molecular flexibility index (Phi) is 8.05. The maximum absolute atomic E-state index is 14.8. The van der Waals surface area contributed by atoms with Crippen molar-refractivity contribution < 1.29 is 45.9 Å². The van der Waals surface area contributed by atoms with Crippen LogP contribution in [0.4, 0.5) is 32.4 Å². The molecule has 39 heavy (non-hydrogen) atoms. The van der Waals surface area contributed by atoms with E-state index in [2.05, 4.69) is 9.84 Å². The summed E-state index contributed by atoms with van der Waals surface area (Å²) in [6, 6.07) is 5.60. The van der Waals surface area contributed by atoms with E-state index in [0.29, 0.717) is 17.7 Å². The Labute approximate surface area is 220 Å². The third-order valence-corrected chi connectivity index (χ3v) is 6.67. The molecular weight excluding hydrogens is 548 g/mol. The van der Waals surface area contributed by atoms with E-state index >= 15 is 0 Å². The molecular formula is C25H21F5N3O5P. The van der Waals surface area contributed by atoms with Crippen LogP contribution in [0.3, 0.4) is 0 Å². The van der Waals surface area contributed by atoms with E-state index in [-0.39, 0.29) is 11.3 Å². The van der Waals surface area contributed by atoms with Gasteiger partial charge in [-0.3, -0.25) is 9.69 Å². The minimum atomic E-state index is -2.91. The van der Waals surface area contributed by atoms with Gasteiger partial charge in [0.2, 0.25) is 0 Å². The van der Waals surface area contributed by atoms with Crippen LogP contribution in [-0.4, -0.2) is 33.7 Å². The number of nitrogens with one attached hydrogen (secondary N) is 1. The summed E-state index contributed by atoms with van der Waals surface area (Å²) in [6.45, 7) is 0.526. The van der Waals surface area contributed by atoms with Crippen LogP contribution in [0, 0.1) is 29.1 Å². The predicted molar refractivity (Wildman–Crippen MR) is 130 cm³/mol. The van der Waals surface area contributed by atoms with Crippen LogP contribution in [0.2, 0.25) is 0 Å². The molecule has 0 saturated heterocycles. The zero-order valence-corrected chi connectivity index (χ0v) is 21.3. The number of carbonyl (C=O) groups excluding carboxylic acids is 2. The summed E-state index contributed by atoms with van der Waals surface area (Å²) in [7, 11) is -1.42. The second kappa shape index (κ2) is 11.1. The highest BCUT2D eigenvalue weighted by Crippen LogP contribution is 2.38. The fraction of sp³-hybridized carbons (Fsp3) is 0.200. The average molecular weight is 569 g/mol. The Morgan fingerprint density at radius 2 is 1.56 bits per heavy atom. The Hall–Kier alpha value is -3.80. The Morgan fingerprint density at radius 1 is 0.974 bits per heavy atom. The molecule has 0 aliphatic carbocycles. The van der Waals surface area contributed by atoms with Crippen molar-refractivity contribution >= 4 is 26.2 Å². The molecule has 1 atom stereocenters. The summed E-state index contributed by atoms with van der Waals surface area (Å²) in [5.74, 6) is -6.94. The van der Waals surface area contributed by atoms with Crippen molar-refractivity contribution in [3.63, 3.8) is 0 Å². The third-order valence-electron chi connectivity index (χ3n) is 6.30. The van der Waals surface area contributed by atoms with Crippen molar-refractivity contribution in [3.05, 3.63) is 93.8 Å². The zero-order chi connectivity index (χ0) is 28.6. The van der Waals surface area contributed by atoms with Gasteiger partial charge in [-0.2, -0.15) is 0 Å². The SMILES string of the molecule is CC1c2ccc(C(=O)NCc3c(F)cc(F)cc3F)cc2N(Cc2c(F)cc(OP(O)O)cc2F)C(=O)N1C. The van der Waals surface area contributed by atoms with E-state index in [0.717, 1.165) is 17.0 Å². The lowest BCUT2D eigenvalue weighted by atomic mass is 9.98. The van der Waals surface area contributed by atoms with E-state index in [9.17, 15) is 31.5 Å². The average Bonchev–Trinajstić information content (AvgIpc) is 2.85. The molecule has 206 valence electrons. The van der Waals surface area contributed by atoms with Crippen molar-refractivity contribution in [2.24, 2.45) is 0 Å². The van der Waals surface area contributed by atoms with Crippen LogP contribution in [0.15, 0.2) is 42.5 Å². The van der Waals surface area contributed by atoms with E-state index in [4.69, 9.17) is 9.79 Å². The molecule has 3 aromatic rings. The largest absolute Gasteiger partial charge is 0.427 e. The van der Waals surface area contributed by atoms with Gasteiger partial charge in [0.15, 0.2) is 0 Å². The highest BCUT2D eigenvalue weighted by molar-refractivity contribution is 7.39. The van der Waals surface area contributed by atoms with Gasteiger partial charge >= 0.3 is 14.6 Å². The number of hydrogen-bond donors (Lipinski definition) is 3. The molecule has 0 spiro atoms. The van der Waals surface area contributed by atoms with Crippen LogP contribution < -0.4 is 14.7 Å². The number of nitrogens with zero attached hydrogens (tertiary/aromatic N) is 2. The van der Waals surface area contributed by atoms with Crippen LogP contribution in [0.1, 0.15) is 40.0 Å². The van der Waals surface area contributed by atoms with Gasteiger partial charge in [0.05, 0.1) is 18.3 Å². The number of urea groups is 1. The lowest BCUT2D eigenvalue weighted by Gasteiger charge is -2.39. The fourth-order valence-corrected chi connectivity index (χ4v) is 4.43. The summed E-state index contributed by atoms with van der Waals surface area (Å²) in [5, 5.41) is 2.33. The van der Waals surface area contributed by atoms with E-state index in [1.807, 2.05) is 0 Å². The number of hydrogen-bond acceptors (Lipinski definition) is 5. The molecule has 1 aliphatic rings. The van der Waals surface area contributed by atoms with Crippen molar-refractivity contribution in [2.45, 2.75) is 26.1 Å². The number of anilines is 1. The van der Waals surface area contributed by atoms with Gasteiger partial charge in [0.1, 0.15) is 34.8 Å². The molecule has 0 saturated carbocycles. The molecule has 1 aliphatic heterocycles. The maximum Gasteiger partial charge on any atom is 0.391 e. The monoisotopic (exact) mass is 569 g/mol. The van der Waals surface area contributed by atoms with Gasteiger partial charge in [0.25, 0.3) is 5.91 Å². The minimum absolute atomic E-state index is 0.0184. The standard InChI is InChI=1S/C25H21F5N3O5P/c1-12-16-4-3-13(24(34)31-10-17-19(27)6-14(26)7-20(17)28)5-23(16)33(25(35)32(12)2)11-18-21(29)8-15(9-22(18)30)38-39(36)37/h3-9,12,36-37H,10-11H2,1-2H3,(H,31,34). The molecule has 3 N–H and O–H groups in total. The topological polar surface area (TPSA) is 102 Å². The normalized spacial score (nSPS) is 15.0. The number of benzene rings is 3. The molecule has 0 bridgehead atoms. The van der Waals surface area contributed by atoms with E-state index < -0.39 is 85.6 Å². The smallest absolute Gasteiger partial charge is 0.391 e. The highest BCUT2D eigenvalue weighted by Gasteiger charge is 2.35. The quantitative estimate of drug-likeness (QED) is 0.274. The lowest BCUT2D eigenvalue weighted by Crippen LogP contribution is -2.47. The molecule has 1 heterocycles. The Bertz CT molecular complexity index is 1410. The first kappa shape index (κ1) is 28.2. The maximum atomic E-state index is 14.8. The zero-order valence-electron chi connectivity index (χ0n) is 20.4. The minimum Gasteiger partial charge on any atom is -0.427 e. The van der Waals surface area contributed by atoms with Crippen LogP contribution >= 0.6 is 8.60 Å². The first-order valence-electron chi connectivity index (χ1n) is 11.3. The van der Waals surface area contributed by atoms with Gasteiger partial charge in [0, 0.05) is 54.5 Å². The molecule has 8 nitrogen and oxygen atoms in total. The van der Waals surface area contributed by atoms with Gasteiger partial charge in [-0.25, -0.2) is 26.7 Å².